The van der Waals surface area contributed by atoms with E-state index in [0.717, 1.165) is 59.3 Å². The molecule has 1 saturated heterocycles. The zero-order chi connectivity index (χ0) is 22.0. The number of nitrogens with one attached hydrogen (secondary N) is 1. The van der Waals surface area contributed by atoms with Crippen LogP contribution in [0.1, 0.15) is 56.0 Å². The van der Waals surface area contributed by atoms with E-state index in [-0.39, 0.29) is 17.9 Å². The zero-order valence-electron chi connectivity index (χ0n) is 18.6. The molecule has 164 valence electrons. The number of carbonyl (C=O) groups excluding carboxylic acids is 2. The first-order valence-corrected chi connectivity index (χ1v) is 11.3. The van der Waals surface area contributed by atoms with E-state index >= 15 is 0 Å². The summed E-state index contributed by atoms with van der Waals surface area (Å²) in [6, 6.07) is 8.08. The Kier molecular flexibility index (Phi) is 6.20. The van der Waals surface area contributed by atoms with Gasteiger partial charge in [-0.2, -0.15) is 5.10 Å². The van der Waals surface area contributed by atoms with Crippen LogP contribution >= 0.6 is 0 Å². The molecule has 31 heavy (non-hydrogen) atoms. The molecular weight excluding hydrogens is 390 g/mol. The Bertz CT molecular complexity index is 1120. The molecule has 0 radical (unpaired) electrons. The van der Waals surface area contributed by atoms with Crippen LogP contribution in [0, 0.1) is 13.8 Å². The number of fused-ring (bicyclic) bond motifs is 3. The van der Waals surface area contributed by atoms with Crippen molar-refractivity contribution >= 4 is 28.4 Å². The molecule has 3 heterocycles. The number of rotatable bonds is 6. The van der Waals surface area contributed by atoms with Gasteiger partial charge in [-0.1, -0.05) is 19.1 Å². The van der Waals surface area contributed by atoms with E-state index in [1.54, 1.807) is 0 Å². The van der Waals surface area contributed by atoms with Crippen molar-refractivity contribution in [2.24, 2.45) is 0 Å². The smallest absolute Gasteiger partial charge is 0.222 e. The average Bonchev–Trinajstić information content (AvgIpc) is 3.12. The topological polar surface area (TPSA) is 79.6 Å². The molecule has 7 heteroatoms. The van der Waals surface area contributed by atoms with Crippen molar-refractivity contribution < 1.29 is 9.59 Å². The monoisotopic (exact) mass is 421 g/mol. The van der Waals surface area contributed by atoms with Gasteiger partial charge >= 0.3 is 0 Å². The first-order valence-electron chi connectivity index (χ1n) is 11.3. The second-order valence-electron chi connectivity index (χ2n) is 8.51. The molecule has 0 spiro atoms. The van der Waals surface area contributed by atoms with Gasteiger partial charge in [-0.15, -0.1) is 0 Å². The van der Waals surface area contributed by atoms with E-state index in [2.05, 4.69) is 5.32 Å². The predicted octanol–water partition coefficient (Wildman–Crippen LogP) is 3.34. The average molecular weight is 422 g/mol. The van der Waals surface area contributed by atoms with Crippen molar-refractivity contribution in [2.45, 2.75) is 65.3 Å². The summed E-state index contributed by atoms with van der Waals surface area (Å²) in [5, 5.41) is 8.82. The van der Waals surface area contributed by atoms with Crippen molar-refractivity contribution in [1.29, 1.82) is 0 Å². The quantitative estimate of drug-likeness (QED) is 0.662. The number of benzene rings is 1. The van der Waals surface area contributed by atoms with Gasteiger partial charge in [0, 0.05) is 48.7 Å². The van der Waals surface area contributed by atoms with Gasteiger partial charge in [0.1, 0.15) is 0 Å². The molecule has 1 N–H and O–H groups in total. The van der Waals surface area contributed by atoms with Gasteiger partial charge in [0.2, 0.25) is 11.8 Å². The number of likely N-dealkylation sites (tertiary alicyclic amines) is 1. The normalized spacial score (nSPS) is 16.7. The number of nitrogens with zero attached hydrogens (tertiary/aromatic N) is 4. The van der Waals surface area contributed by atoms with Crippen molar-refractivity contribution in [3.05, 3.63) is 41.2 Å². The number of piperidine rings is 1. The predicted molar refractivity (Wildman–Crippen MR) is 121 cm³/mol. The number of carbonyl (C=O) groups is 2. The summed E-state index contributed by atoms with van der Waals surface area (Å²) in [7, 11) is 0. The number of amides is 2. The molecule has 2 aromatic heterocycles. The number of hydrogen-bond donors (Lipinski definition) is 1. The maximum Gasteiger partial charge on any atom is 0.222 e. The molecule has 3 aromatic rings. The van der Waals surface area contributed by atoms with Gasteiger partial charge in [-0.05, 0) is 57.2 Å². The Morgan fingerprint density at radius 1 is 1.19 bits per heavy atom. The Hall–Kier alpha value is -2.96. The Labute approximate surface area is 182 Å². The molecule has 0 bridgehead atoms. The third-order valence-electron chi connectivity index (χ3n) is 6.22. The van der Waals surface area contributed by atoms with Crippen LogP contribution in [-0.4, -0.2) is 50.4 Å². The standard InChI is InChI=1S/C24H31N5O2/c1-4-8-22(30)26-18-9-7-14-28(15-18)23(31)13-12-19-16(2)25-24-20-10-5-6-11-21(20)27-29(24)17(19)3/h5-6,10-11,18H,4,7-9,12-15H2,1-3H3,(H,26,30). The molecule has 4 rings (SSSR count). The Balaban J connectivity index is 1.45. The van der Waals surface area contributed by atoms with Crippen LogP contribution in [0.25, 0.3) is 16.6 Å². The lowest BCUT2D eigenvalue weighted by Crippen LogP contribution is -2.49. The van der Waals surface area contributed by atoms with Crippen LogP contribution in [0.15, 0.2) is 24.3 Å². The fourth-order valence-corrected chi connectivity index (χ4v) is 4.58. The number of aromatic nitrogens is 3. The number of hydrogen-bond acceptors (Lipinski definition) is 4. The molecule has 7 nitrogen and oxygen atoms in total. The van der Waals surface area contributed by atoms with E-state index in [1.807, 2.05) is 54.5 Å². The van der Waals surface area contributed by atoms with Gasteiger partial charge in [0.15, 0.2) is 5.65 Å². The fourth-order valence-electron chi connectivity index (χ4n) is 4.58. The first-order chi connectivity index (χ1) is 15.0. The summed E-state index contributed by atoms with van der Waals surface area (Å²) >= 11 is 0. The van der Waals surface area contributed by atoms with Crippen LogP contribution in [0.3, 0.4) is 0 Å². The lowest BCUT2D eigenvalue weighted by molar-refractivity contribution is -0.133. The lowest BCUT2D eigenvalue weighted by Gasteiger charge is -2.33. The molecule has 1 aliphatic heterocycles. The highest BCUT2D eigenvalue weighted by Crippen LogP contribution is 2.23. The first kappa shape index (κ1) is 21.3. The summed E-state index contributed by atoms with van der Waals surface area (Å²) in [4.78, 5) is 31.5. The minimum absolute atomic E-state index is 0.0646. The van der Waals surface area contributed by atoms with E-state index in [4.69, 9.17) is 10.1 Å². The van der Waals surface area contributed by atoms with Crippen molar-refractivity contribution in [1.82, 2.24) is 24.8 Å². The minimum Gasteiger partial charge on any atom is -0.352 e. The van der Waals surface area contributed by atoms with Crippen LogP contribution in [-0.2, 0) is 16.0 Å². The largest absolute Gasteiger partial charge is 0.352 e. The van der Waals surface area contributed by atoms with Gasteiger partial charge < -0.3 is 10.2 Å². The summed E-state index contributed by atoms with van der Waals surface area (Å²) in [6.07, 6.45) is 4.31. The van der Waals surface area contributed by atoms with Crippen molar-refractivity contribution in [3.8, 4) is 0 Å². The van der Waals surface area contributed by atoms with Gasteiger partial charge in [0.05, 0.1) is 5.52 Å². The molecule has 0 aliphatic carbocycles. The Morgan fingerprint density at radius 2 is 2.00 bits per heavy atom. The molecule has 1 aliphatic rings. The van der Waals surface area contributed by atoms with E-state index < -0.39 is 0 Å². The fraction of sp³-hybridized carbons (Fsp3) is 0.500. The summed E-state index contributed by atoms with van der Waals surface area (Å²) in [5.41, 5.74) is 4.86. The summed E-state index contributed by atoms with van der Waals surface area (Å²) in [6.45, 7) is 7.42. The highest BCUT2D eigenvalue weighted by atomic mass is 16.2. The van der Waals surface area contributed by atoms with Crippen LogP contribution in [0.2, 0.25) is 0 Å². The molecule has 0 saturated carbocycles. The third-order valence-corrected chi connectivity index (χ3v) is 6.22. The molecule has 1 aromatic carbocycles. The molecular formula is C24H31N5O2. The third kappa shape index (κ3) is 4.40. The second kappa shape index (κ2) is 9.04. The van der Waals surface area contributed by atoms with Crippen molar-refractivity contribution in [2.75, 3.05) is 13.1 Å². The lowest BCUT2D eigenvalue weighted by atomic mass is 10.0. The van der Waals surface area contributed by atoms with Crippen LogP contribution < -0.4 is 5.32 Å². The maximum absolute atomic E-state index is 12.9. The minimum atomic E-state index is 0.0646. The maximum atomic E-state index is 12.9. The van der Waals surface area contributed by atoms with Crippen LogP contribution in [0.5, 0.6) is 0 Å². The van der Waals surface area contributed by atoms with Crippen molar-refractivity contribution in [3.63, 3.8) is 0 Å². The Morgan fingerprint density at radius 3 is 2.81 bits per heavy atom. The summed E-state index contributed by atoms with van der Waals surface area (Å²) < 4.78 is 1.90. The van der Waals surface area contributed by atoms with Crippen LogP contribution in [0.4, 0.5) is 0 Å². The highest BCUT2D eigenvalue weighted by Gasteiger charge is 2.25. The molecule has 1 atom stereocenters. The highest BCUT2D eigenvalue weighted by molar-refractivity contribution is 5.92. The zero-order valence-corrected chi connectivity index (χ0v) is 18.6. The molecule has 2 amide bonds. The van der Waals surface area contributed by atoms with E-state index in [9.17, 15) is 9.59 Å². The molecule has 1 fully saturated rings. The number of aryl methyl sites for hydroxylation is 2. The van der Waals surface area contributed by atoms with Gasteiger partial charge in [0.25, 0.3) is 0 Å². The molecule has 1 unspecified atom stereocenters. The van der Waals surface area contributed by atoms with E-state index in [1.165, 1.54) is 0 Å². The summed E-state index contributed by atoms with van der Waals surface area (Å²) in [5.74, 6) is 0.220. The van der Waals surface area contributed by atoms with Gasteiger partial charge in [-0.3, -0.25) is 9.59 Å². The second-order valence-corrected chi connectivity index (χ2v) is 8.51. The SMILES string of the molecule is CCCC(=O)NC1CCCN(C(=O)CCc2c(C)nc3c4ccccc4nn3c2C)C1. The van der Waals surface area contributed by atoms with E-state index in [0.29, 0.717) is 25.8 Å². The van der Waals surface area contributed by atoms with Gasteiger partial charge in [-0.25, -0.2) is 9.50 Å².